The fourth-order valence-electron chi connectivity index (χ4n) is 2.57. The average molecular weight is 452 g/mol. The van der Waals surface area contributed by atoms with Gasteiger partial charge in [-0.15, -0.1) is 0 Å². The molecule has 0 radical (unpaired) electrons. The molecule has 0 bridgehead atoms. The lowest BCUT2D eigenvalue weighted by atomic mass is 10.1. The van der Waals surface area contributed by atoms with Crippen LogP contribution in [0.3, 0.4) is 0 Å². The van der Waals surface area contributed by atoms with Gasteiger partial charge in [0, 0.05) is 5.69 Å². The summed E-state index contributed by atoms with van der Waals surface area (Å²) in [5.41, 5.74) is 2.10. The molecule has 1 aromatic heterocycles. The molecule has 0 spiro atoms. The summed E-state index contributed by atoms with van der Waals surface area (Å²) in [7, 11) is 0. The Morgan fingerprint density at radius 3 is 2.70 bits per heavy atom. The molecular formula is C20H26BrN3O2S. The fourth-order valence-corrected chi connectivity index (χ4v) is 3.54. The zero-order valence-corrected chi connectivity index (χ0v) is 18.6. The SMILES string of the molecule is CCCOc1ccc(NC(=S)CCC)cc1-c1nc(C(C)C)c(Br)c(=O)[nH]1. The van der Waals surface area contributed by atoms with Gasteiger partial charge in [0.1, 0.15) is 16.0 Å². The van der Waals surface area contributed by atoms with E-state index in [4.69, 9.17) is 17.0 Å². The van der Waals surface area contributed by atoms with Crippen LogP contribution >= 0.6 is 28.1 Å². The quantitative estimate of drug-likeness (QED) is 0.507. The van der Waals surface area contributed by atoms with Gasteiger partial charge in [-0.1, -0.05) is 39.9 Å². The number of hydrogen-bond donors (Lipinski definition) is 2. The van der Waals surface area contributed by atoms with Crippen LogP contribution in [-0.2, 0) is 0 Å². The Balaban J connectivity index is 2.54. The minimum absolute atomic E-state index is 0.110. The lowest BCUT2D eigenvalue weighted by Gasteiger charge is -2.15. The van der Waals surface area contributed by atoms with Crippen LogP contribution in [0, 0.1) is 0 Å². The number of ether oxygens (including phenoxy) is 1. The summed E-state index contributed by atoms with van der Waals surface area (Å²) in [6.07, 6.45) is 2.70. The van der Waals surface area contributed by atoms with Crippen molar-refractivity contribution in [2.24, 2.45) is 0 Å². The molecule has 5 nitrogen and oxygen atoms in total. The maximum Gasteiger partial charge on any atom is 0.265 e. The second-order valence-electron chi connectivity index (χ2n) is 6.63. The monoisotopic (exact) mass is 451 g/mol. The van der Waals surface area contributed by atoms with E-state index in [-0.39, 0.29) is 11.5 Å². The number of aromatic nitrogens is 2. The molecule has 27 heavy (non-hydrogen) atoms. The molecule has 2 rings (SSSR count). The molecule has 1 heterocycles. The lowest BCUT2D eigenvalue weighted by molar-refractivity contribution is 0.318. The topological polar surface area (TPSA) is 67.0 Å². The smallest absolute Gasteiger partial charge is 0.265 e. The Hall–Kier alpha value is -1.73. The Kier molecular flexibility index (Phi) is 7.98. The van der Waals surface area contributed by atoms with E-state index < -0.39 is 0 Å². The van der Waals surface area contributed by atoms with Crippen molar-refractivity contribution in [1.29, 1.82) is 0 Å². The zero-order chi connectivity index (χ0) is 20.0. The van der Waals surface area contributed by atoms with Gasteiger partial charge in [-0.2, -0.15) is 0 Å². The number of nitrogens with zero attached hydrogens (tertiary/aromatic N) is 1. The average Bonchev–Trinajstić information content (AvgIpc) is 2.62. The van der Waals surface area contributed by atoms with Crippen molar-refractivity contribution in [1.82, 2.24) is 9.97 Å². The van der Waals surface area contributed by atoms with Crippen LogP contribution in [-0.4, -0.2) is 21.6 Å². The van der Waals surface area contributed by atoms with E-state index in [0.29, 0.717) is 22.7 Å². The second kappa shape index (κ2) is 9.99. The van der Waals surface area contributed by atoms with E-state index in [1.807, 2.05) is 32.0 Å². The third-order valence-electron chi connectivity index (χ3n) is 3.89. The Bertz CT molecular complexity index is 865. The van der Waals surface area contributed by atoms with E-state index in [0.717, 1.165) is 41.2 Å². The highest BCUT2D eigenvalue weighted by atomic mass is 79.9. The highest BCUT2D eigenvalue weighted by Crippen LogP contribution is 2.32. The van der Waals surface area contributed by atoms with Crippen LogP contribution in [0.2, 0.25) is 0 Å². The molecule has 0 aliphatic rings. The highest BCUT2D eigenvalue weighted by molar-refractivity contribution is 9.10. The van der Waals surface area contributed by atoms with Gasteiger partial charge < -0.3 is 15.0 Å². The first-order valence-electron chi connectivity index (χ1n) is 9.24. The van der Waals surface area contributed by atoms with Crippen molar-refractivity contribution in [3.63, 3.8) is 0 Å². The fraction of sp³-hybridized carbons (Fsp3) is 0.450. The molecule has 7 heteroatoms. The minimum atomic E-state index is -0.204. The van der Waals surface area contributed by atoms with Gasteiger partial charge in [-0.3, -0.25) is 4.79 Å². The predicted molar refractivity (Wildman–Crippen MR) is 119 cm³/mol. The van der Waals surface area contributed by atoms with E-state index in [1.54, 1.807) is 0 Å². The van der Waals surface area contributed by atoms with Crippen LogP contribution in [0.1, 0.15) is 58.6 Å². The summed E-state index contributed by atoms with van der Waals surface area (Å²) in [4.78, 5) is 20.7. The number of thiocarbonyl (C=S) groups is 1. The van der Waals surface area contributed by atoms with Crippen molar-refractivity contribution in [2.45, 2.75) is 52.9 Å². The maximum absolute atomic E-state index is 12.4. The largest absolute Gasteiger partial charge is 0.493 e. The standard InChI is InChI=1S/C20H26BrN3O2S/c1-5-7-16(27)22-13-8-9-15(26-10-6-2)14(11-13)19-23-18(12(3)4)17(21)20(25)24-19/h8-9,11-12H,5-7,10H2,1-4H3,(H,22,27)(H,23,24,25). The number of anilines is 1. The highest BCUT2D eigenvalue weighted by Gasteiger charge is 2.16. The molecule has 0 amide bonds. The van der Waals surface area contributed by atoms with Gasteiger partial charge in [0.25, 0.3) is 5.56 Å². The second-order valence-corrected chi connectivity index (χ2v) is 7.91. The van der Waals surface area contributed by atoms with Crippen molar-refractivity contribution >= 4 is 38.8 Å². The van der Waals surface area contributed by atoms with Gasteiger partial charge in [0.2, 0.25) is 0 Å². The van der Waals surface area contributed by atoms with Crippen LogP contribution in [0.25, 0.3) is 11.4 Å². The summed E-state index contributed by atoms with van der Waals surface area (Å²) >= 11 is 8.71. The molecular weight excluding hydrogens is 426 g/mol. The van der Waals surface area contributed by atoms with Crippen molar-refractivity contribution in [2.75, 3.05) is 11.9 Å². The number of hydrogen-bond acceptors (Lipinski definition) is 4. The van der Waals surface area contributed by atoms with Crippen LogP contribution in [0.15, 0.2) is 27.5 Å². The first-order valence-corrected chi connectivity index (χ1v) is 10.4. The minimum Gasteiger partial charge on any atom is -0.493 e. The Morgan fingerprint density at radius 2 is 2.07 bits per heavy atom. The van der Waals surface area contributed by atoms with Gasteiger partial charge in [0.05, 0.1) is 22.9 Å². The summed E-state index contributed by atoms with van der Waals surface area (Å²) < 4.78 is 6.35. The first-order chi connectivity index (χ1) is 12.9. The van der Waals surface area contributed by atoms with Gasteiger partial charge >= 0.3 is 0 Å². The van der Waals surface area contributed by atoms with Gasteiger partial charge in [-0.25, -0.2) is 4.98 Å². The molecule has 0 unspecified atom stereocenters. The van der Waals surface area contributed by atoms with Crippen LogP contribution in [0.5, 0.6) is 5.75 Å². The van der Waals surface area contributed by atoms with Crippen molar-refractivity contribution in [3.05, 3.63) is 38.7 Å². The van der Waals surface area contributed by atoms with E-state index in [1.165, 1.54) is 0 Å². The van der Waals surface area contributed by atoms with Crippen molar-refractivity contribution in [3.8, 4) is 17.1 Å². The van der Waals surface area contributed by atoms with Gasteiger partial charge in [-0.05, 0) is 59.3 Å². The number of nitrogens with one attached hydrogen (secondary N) is 2. The molecule has 1 aromatic carbocycles. The number of benzene rings is 1. The third-order valence-corrected chi connectivity index (χ3v) is 4.97. The third kappa shape index (κ3) is 5.62. The summed E-state index contributed by atoms with van der Waals surface area (Å²) in [6, 6.07) is 5.74. The number of rotatable bonds is 8. The van der Waals surface area contributed by atoms with E-state index in [9.17, 15) is 4.79 Å². The van der Waals surface area contributed by atoms with Gasteiger partial charge in [0.15, 0.2) is 0 Å². The predicted octanol–water partition coefficient (Wildman–Crippen LogP) is 5.65. The van der Waals surface area contributed by atoms with Crippen LogP contribution in [0.4, 0.5) is 5.69 Å². The van der Waals surface area contributed by atoms with Crippen LogP contribution < -0.4 is 15.6 Å². The molecule has 0 saturated heterocycles. The molecule has 0 aliphatic carbocycles. The zero-order valence-electron chi connectivity index (χ0n) is 16.2. The number of H-pyrrole nitrogens is 1. The summed E-state index contributed by atoms with van der Waals surface area (Å²) in [5.74, 6) is 1.28. The Morgan fingerprint density at radius 1 is 1.33 bits per heavy atom. The maximum atomic E-state index is 12.4. The first kappa shape index (κ1) is 21.6. The molecule has 0 saturated carbocycles. The number of halogens is 1. The summed E-state index contributed by atoms with van der Waals surface area (Å²) in [5, 5.41) is 3.25. The normalized spacial score (nSPS) is 10.9. The summed E-state index contributed by atoms with van der Waals surface area (Å²) in [6.45, 7) is 8.74. The Labute approximate surface area is 174 Å². The molecule has 0 aliphatic heterocycles. The van der Waals surface area contributed by atoms with Crippen molar-refractivity contribution < 1.29 is 4.74 Å². The number of aromatic amines is 1. The van der Waals surface area contributed by atoms with E-state index >= 15 is 0 Å². The molecule has 0 fully saturated rings. The molecule has 146 valence electrons. The lowest BCUT2D eigenvalue weighted by Crippen LogP contribution is -2.15. The molecule has 0 atom stereocenters. The molecule has 2 aromatic rings. The molecule has 2 N–H and O–H groups in total. The van der Waals surface area contributed by atoms with E-state index in [2.05, 4.69) is 45.1 Å².